The fraction of sp³-hybridized carbons (Fsp3) is 0.615. The van der Waals surface area contributed by atoms with Crippen molar-refractivity contribution in [3.05, 3.63) is 12.7 Å². The van der Waals surface area contributed by atoms with Crippen LogP contribution in [0.25, 0.3) is 11.2 Å². The van der Waals surface area contributed by atoms with E-state index in [2.05, 4.69) is 15.0 Å². The second-order valence-electron chi connectivity index (χ2n) is 5.88. The zero-order chi connectivity index (χ0) is 14.8. The number of hydrogen-bond acceptors (Lipinski definition) is 7. The highest BCUT2D eigenvalue weighted by atomic mass is 16.8. The highest BCUT2D eigenvalue weighted by Gasteiger charge is 2.54. The second kappa shape index (κ2) is 4.12. The molecule has 21 heavy (non-hydrogen) atoms. The van der Waals surface area contributed by atoms with E-state index in [1.807, 2.05) is 25.3 Å². The van der Waals surface area contributed by atoms with Crippen LogP contribution in [-0.2, 0) is 14.2 Å². The molecule has 0 amide bonds. The highest BCUT2D eigenvalue weighted by molar-refractivity contribution is 5.81. The topological polar surface area (TPSA) is 97.3 Å². The quantitative estimate of drug-likeness (QED) is 0.831. The number of rotatable bonds is 1. The Balaban J connectivity index is 1.77. The van der Waals surface area contributed by atoms with Crippen LogP contribution in [0.2, 0.25) is 0 Å². The van der Waals surface area contributed by atoms with Crippen molar-refractivity contribution in [2.45, 2.75) is 51.1 Å². The van der Waals surface area contributed by atoms with Gasteiger partial charge in [0.25, 0.3) is 0 Å². The lowest BCUT2D eigenvalue weighted by molar-refractivity contribution is -0.194. The summed E-state index contributed by atoms with van der Waals surface area (Å²) in [5, 5.41) is 0. The summed E-state index contributed by atoms with van der Waals surface area (Å²) < 4.78 is 19.7. The second-order valence-corrected chi connectivity index (χ2v) is 5.88. The summed E-state index contributed by atoms with van der Waals surface area (Å²) in [6.07, 6.45) is 2.35. The highest BCUT2D eigenvalue weighted by Crippen LogP contribution is 2.43. The van der Waals surface area contributed by atoms with Crippen LogP contribution >= 0.6 is 0 Å². The monoisotopic (exact) mass is 291 g/mol. The lowest BCUT2D eigenvalue weighted by Gasteiger charge is -2.23. The van der Waals surface area contributed by atoms with Crippen LogP contribution in [0.3, 0.4) is 0 Å². The zero-order valence-corrected chi connectivity index (χ0v) is 12.1. The molecule has 2 aliphatic rings. The number of nitrogens with two attached hydrogens (primary N) is 1. The van der Waals surface area contributed by atoms with Gasteiger partial charge in [0.1, 0.15) is 24.1 Å². The molecule has 2 saturated heterocycles. The number of nitrogens with zero attached hydrogens (tertiary/aromatic N) is 4. The van der Waals surface area contributed by atoms with E-state index < -0.39 is 5.79 Å². The summed E-state index contributed by atoms with van der Waals surface area (Å²) >= 11 is 0. The first kappa shape index (κ1) is 12.9. The molecule has 0 saturated carbocycles. The minimum Gasteiger partial charge on any atom is -0.382 e. The van der Waals surface area contributed by atoms with E-state index >= 15 is 0 Å². The molecule has 4 rings (SSSR count). The van der Waals surface area contributed by atoms with Gasteiger partial charge in [0, 0.05) is 0 Å². The fourth-order valence-corrected chi connectivity index (χ4v) is 3.06. The lowest BCUT2D eigenvalue weighted by Crippen LogP contribution is -2.27. The summed E-state index contributed by atoms with van der Waals surface area (Å²) in [4.78, 5) is 12.5. The average molecular weight is 291 g/mol. The lowest BCUT2D eigenvalue weighted by atomic mass is 10.1. The molecular weight excluding hydrogens is 274 g/mol. The molecule has 4 heterocycles. The first-order valence-electron chi connectivity index (χ1n) is 6.90. The molecule has 2 aromatic heterocycles. The summed E-state index contributed by atoms with van der Waals surface area (Å²) in [5.74, 6) is -0.263. The van der Waals surface area contributed by atoms with Crippen molar-refractivity contribution in [1.82, 2.24) is 19.5 Å². The summed E-state index contributed by atoms with van der Waals surface area (Å²) in [6, 6.07) is 0. The third-order valence-corrected chi connectivity index (χ3v) is 3.92. The van der Waals surface area contributed by atoms with Gasteiger partial charge in [-0.25, -0.2) is 15.0 Å². The van der Waals surface area contributed by atoms with Gasteiger partial charge in [-0.3, -0.25) is 4.57 Å². The van der Waals surface area contributed by atoms with Gasteiger partial charge < -0.3 is 19.9 Å². The average Bonchev–Trinajstić information content (AvgIpc) is 3.04. The standard InChI is InChI=1S/C13H17N5O3/c1-6-8-9(21-13(2,3)20-8)12(19-6)18-5-17-7-10(14)15-4-16-11(7)18/h4-6,8-9,12H,1-3H3,(H2,14,15,16)/t6-,8-,9-,12-/m1/s1. The molecule has 0 aromatic carbocycles. The van der Waals surface area contributed by atoms with E-state index in [0.29, 0.717) is 17.0 Å². The maximum Gasteiger partial charge on any atom is 0.167 e. The fourth-order valence-electron chi connectivity index (χ4n) is 3.06. The number of ether oxygens (including phenoxy) is 3. The first-order valence-corrected chi connectivity index (χ1v) is 6.90. The molecule has 0 unspecified atom stereocenters. The van der Waals surface area contributed by atoms with E-state index in [0.717, 1.165) is 0 Å². The predicted molar refractivity (Wildman–Crippen MR) is 73.1 cm³/mol. The van der Waals surface area contributed by atoms with Crippen molar-refractivity contribution in [3.8, 4) is 0 Å². The summed E-state index contributed by atoms with van der Waals surface area (Å²) in [5.41, 5.74) is 7.02. The van der Waals surface area contributed by atoms with Gasteiger partial charge in [-0.15, -0.1) is 0 Å². The van der Waals surface area contributed by atoms with Crippen molar-refractivity contribution >= 4 is 17.0 Å². The number of fused-ring (bicyclic) bond motifs is 2. The minimum absolute atomic E-state index is 0.0709. The number of nitrogen functional groups attached to an aromatic ring is 1. The van der Waals surface area contributed by atoms with Crippen LogP contribution in [0.15, 0.2) is 12.7 Å². The van der Waals surface area contributed by atoms with Crippen LogP contribution in [-0.4, -0.2) is 43.6 Å². The Morgan fingerprint density at radius 2 is 1.95 bits per heavy atom. The van der Waals surface area contributed by atoms with E-state index in [-0.39, 0.29) is 24.5 Å². The number of imidazole rings is 1. The Labute approximate surface area is 121 Å². The number of anilines is 1. The Morgan fingerprint density at radius 1 is 1.19 bits per heavy atom. The van der Waals surface area contributed by atoms with Gasteiger partial charge in [0.05, 0.1) is 12.4 Å². The molecule has 8 heteroatoms. The smallest absolute Gasteiger partial charge is 0.167 e. The molecule has 2 aromatic rings. The normalized spacial score (nSPS) is 34.4. The van der Waals surface area contributed by atoms with Gasteiger partial charge in [-0.1, -0.05) is 0 Å². The van der Waals surface area contributed by atoms with Gasteiger partial charge in [-0.2, -0.15) is 0 Å². The maximum atomic E-state index is 5.99. The SMILES string of the molecule is C[C@H]1O[C@@H](n2cnc3c(N)ncnc32)[C@@H]2OC(C)(C)O[C@@H]21. The van der Waals surface area contributed by atoms with Crippen molar-refractivity contribution in [2.24, 2.45) is 0 Å². The molecule has 0 bridgehead atoms. The van der Waals surface area contributed by atoms with Gasteiger partial charge >= 0.3 is 0 Å². The van der Waals surface area contributed by atoms with Crippen LogP contribution in [0.1, 0.15) is 27.0 Å². The molecule has 0 radical (unpaired) electrons. The summed E-state index contributed by atoms with van der Waals surface area (Å²) in [7, 11) is 0. The van der Waals surface area contributed by atoms with E-state index in [1.165, 1.54) is 6.33 Å². The van der Waals surface area contributed by atoms with E-state index in [9.17, 15) is 0 Å². The first-order chi connectivity index (χ1) is 9.96. The molecule has 112 valence electrons. The van der Waals surface area contributed by atoms with Gasteiger partial charge in [0.15, 0.2) is 23.5 Å². The van der Waals surface area contributed by atoms with E-state index in [4.69, 9.17) is 19.9 Å². The molecule has 0 spiro atoms. The largest absolute Gasteiger partial charge is 0.382 e. The Morgan fingerprint density at radius 3 is 2.76 bits per heavy atom. The van der Waals surface area contributed by atoms with Crippen molar-refractivity contribution in [2.75, 3.05) is 5.73 Å². The Kier molecular flexibility index (Phi) is 2.54. The molecule has 8 nitrogen and oxygen atoms in total. The van der Waals surface area contributed by atoms with Crippen LogP contribution in [0.4, 0.5) is 5.82 Å². The van der Waals surface area contributed by atoms with Crippen LogP contribution < -0.4 is 5.73 Å². The number of aromatic nitrogens is 4. The molecule has 2 N–H and O–H groups in total. The van der Waals surface area contributed by atoms with Crippen molar-refractivity contribution in [1.29, 1.82) is 0 Å². The minimum atomic E-state index is -0.615. The van der Waals surface area contributed by atoms with Gasteiger partial charge in [0.2, 0.25) is 0 Å². The molecule has 4 atom stereocenters. The number of hydrogen-bond donors (Lipinski definition) is 1. The molecular formula is C13H17N5O3. The maximum absolute atomic E-state index is 5.99. The third kappa shape index (κ3) is 1.83. The van der Waals surface area contributed by atoms with E-state index in [1.54, 1.807) is 6.33 Å². The van der Waals surface area contributed by atoms with Crippen LogP contribution in [0, 0.1) is 0 Å². The van der Waals surface area contributed by atoms with Crippen LogP contribution in [0.5, 0.6) is 0 Å². The summed E-state index contributed by atoms with van der Waals surface area (Å²) in [6.45, 7) is 5.79. The zero-order valence-electron chi connectivity index (χ0n) is 12.1. The Bertz CT molecular complexity index is 700. The molecule has 2 fully saturated rings. The van der Waals surface area contributed by atoms with Crippen molar-refractivity contribution < 1.29 is 14.2 Å². The van der Waals surface area contributed by atoms with Gasteiger partial charge in [-0.05, 0) is 20.8 Å². The van der Waals surface area contributed by atoms with Crippen molar-refractivity contribution in [3.63, 3.8) is 0 Å². The molecule has 2 aliphatic heterocycles. The predicted octanol–water partition coefficient (Wildman–Crippen LogP) is 0.846. The molecule has 0 aliphatic carbocycles. The third-order valence-electron chi connectivity index (χ3n) is 3.92. The Hall–Kier alpha value is -1.77.